The van der Waals surface area contributed by atoms with Crippen LogP contribution in [0.15, 0.2) is 108 Å². The Kier molecular flexibility index (Phi) is 4.91. The van der Waals surface area contributed by atoms with Crippen LogP contribution in [0.1, 0.15) is 4.17 Å². The first-order valence-electron chi connectivity index (χ1n) is 10.8. The number of nitrogens with zero attached hydrogens (tertiary/aromatic N) is 3. The second-order valence-electron chi connectivity index (χ2n) is 7.92. The fraction of sp³-hybridized carbons (Fsp3) is 0.0357. The number of nitrogens with two attached hydrogens (primary N) is 1. The van der Waals surface area contributed by atoms with E-state index in [9.17, 15) is 0 Å². The minimum atomic E-state index is -0.104. The second kappa shape index (κ2) is 8.08. The largest absolute Gasteiger partial charge is 0.405 e. The maximum absolute atomic E-state index is 5.50. The van der Waals surface area contributed by atoms with Gasteiger partial charge in [-0.3, -0.25) is 4.99 Å². The zero-order valence-electron chi connectivity index (χ0n) is 17.8. The maximum atomic E-state index is 5.50. The summed E-state index contributed by atoms with van der Waals surface area (Å²) in [6.45, 7) is 0. The molecule has 1 unspecified atom stereocenters. The van der Waals surface area contributed by atoms with E-state index in [1.807, 2.05) is 0 Å². The Morgan fingerprint density at radius 1 is 0.727 bits per heavy atom. The van der Waals surface area contributed by atoms with Gasteiger partial charge in [-0.05, 0) is 65.2 Å². The summed E-state index contributed by atoms with van der Waals surface area (Å²) in [5.41, 5.74) is 11.4. The third kappa shape index (κ3) is 3.07. The van der Waals surface area contributed by atoms with Crippen molar-refractivity contribution in [1.29, 1.82) is 0 Å². The second-order valence-corrected chi connectivity index (χ2v) is 9.04. The van der Waals surface area contributed by atoms with Crippen molar-refractivity contribution in [2.45, 2.75) is 4.17 Å². The third-order valence-electron chi connectivity index (χ3n) is 6.14. The highest BCUT2D eigenvalue weighted by atomic mass is 127. The van der Waals surface area contributed by atoms with E-state index in [1.165, 1.54) is 38.8 Å². The van der Waals surface area contributed by atoms with Gasteiger partial charge in [-0.2, -0.15) is 0 Å². The molecule has 0 aliphatic rings. The molecule has 5 heteroatoms. The number of aromatic nitrogens is 2. The number of rotatable bonds is 4. The smallest absolute Gasteiger partial charge is 0.177 e. The van der Waals surface area contributed by atoms with Crippen molar-refractivity contribution >= 4 is 72.4 Å². The predicted molar refractivity (Wildman–Crippen MR) is 149 cm³/mol. The summed E-state index contributed by atoms with van der Waals surface area (Å²) in [5, 5.41) is 4.98. The number of alkyl halides is 1. The first-order valence-corrected chi connectivity index (χ1v) is 12.1. The predicted octanol–water partition coefficient (Wildman–Crippen LogP) is 7.33. The van der Waals surface area contributed by atoms with Crippen LogP contribution in [-0.2, 0) is 0 Å². The quantitative estimate of drug-likeness (QED) is 0.108. The summed E-state index contributed by atoms with van der Waals surface area (Å²) in [6, 6.07) is 32.3. The lowest BCUT2D eigenvalue weighted by atomic mass is 10.1. The summed E-state index contributed by atoms with van der Waals surface area (Å²) in [7, 11) is 0. The van der Waals surface area contributed by atoms with Crippen LogP contribution in [0.3, 0.4) is 0 Å². The molecule has 0 fully saturated rings. The summed E-state index contributed by atoms with van der Waals surface area (Å²) in [4.78, 5) is 4.71. The van der Waals surface area contributed by atoms with Crippen molar-refractivity contribution < 1.29 is 0 Å². The van der Waals surface area contributed by atoms with Crippen molar-refractivity contribution in [2.24, 2.45) is 10.7 Å². The lowest BCUT2D eigenvalue weighted by molar-refractivity contribution is 0.803. The van der Waals surface area contributed by atoms with Gasteiger partial charge in [0.25, 0.3) is 0 Å². The van der Waals surface area contributed by atoms with Gasteiger partial charge in [0.05, 0.1) is 22.1 Å². The Labute approximate surface area is 204 Å². The Balaban J connectivity index is 1.82. The highest BCUT2D eigenvalue weighted by Gasteiger charge is 2.21. The van der Waals surface area contributed by atoms with Crippen molar-refractivity contribution in [1.82, 2.24) is 9.13 Å². The van der Waals surface area contributed by atoms with Gasteiger partial charge in [-0.25, -0.2) is 0 Å². The number of benzene rings is 4. The van der Waals surface area contributed by atoms with Crippen molar-refractivity contribution in [2.75, 3.05) is 0 Å². The van der Waals surface area contributed by atoms with Gasteiger partial charge in [0.15, 0.2) is 4.17 Å². The average molecular weight is 540 g/mol. The molecule has 33 heavy (non-hydrogen) atoms. The Morgan fingerprint density at radius 2 is 1.42 bits per heavy atom. The number of hydrogen-bond acceptors (Lipinski definition) is 2. The molecular formula is C28H21IN4. The Hall–Kier alpha value is -3.58. The van der Waals surface area contributed by atoms with Crippen LogP contribution in [0, 0.1) is 0 Å². The molecule has 0 amide bonds. The molecule has 0 radical (unpaired) electrons. The van der Waals surface area contributed by atoms with Crippen LogP contribution >= 0.6 is 22.6 Å². The van der Waals surface area contributed by atoms with Crippen LogP contribution in [0.5, 0.6) is 0 Å². The standard InChI is InChI=1S/C28H21IN4/c29-28(31-18-8-17-30)33-24-14-7-5-12-22(24)26-25(33)16-15-21-20-11-4-6-13-23(20)32(27(21)26)19-9-2-1-3-10-19/h1-18,28H,30H2/b17-8-,31-18?. The SMILES string of the molecule is N/C=C\C=NC(I)n1c2ccccc2c2c3c(ccc21)c1ccccc1n3-c1ccccc1. The molecule has 6 rings (SSSR count). The van der Waals surface area contributed by atoms with E-state index in [-0.39, 0.29) is 4.17 Å². The summed E-state index contributed by atoms with van der Waals surface area (Å²) < 4.78 is 4.60. The van der Waals surface area contributed by atoms with Gasteiger partial charge in [-0.1, -0.05) is 60.7 Å². The maximum Gasteiger partial charge on any atom is 0.177 e. The molecule has 0 saturated heterocycles. The molecular weight excluding hydrogens is 519 g/mol. The zero-order chi connectivity index (χ0) is 22.4. The molecule has 0 spiro atoms. The van der Waals surface area contributed by atoms with Gasteiger partial charge in [0, 0.05) is 33.4 Å². The van der Waals surface area contributed by atoms with Gasteiger partial charge in [-0.15, -0.1) is 0 Å². The third-order valence-corrected chi connectivity index (χ3v) is 7.02. The van der Waals surface area contributed by atoms with E-state index in [1.54, 1.807) is 12.3 Å². The average Bonchev–Trinajstić information content (AvgIpc) is 3.37. The molecule has 0 saturated carbocycles. The first kappa shape index (κ1) is 20.1. The molecule has 4 nitrogen and oxygen atoms in total. The summed E-state index contributed by atoms with van der Waals surface area (Å²) in [5.74, 6) is 0. The number of allylic oxidation sites excluding steroid dienone is 1. The van der Waals surface area contributed by atoms with E-state index in [2.05, 4.69) is 123 Å². The van der Waals surface area contributed by atoms with Gasteiger partial charge < -0.3 is 14.9 Å². The van der Waals surface area contributed by atoms with E-state index in [0.29, 0.717) is 0 Å². The Bertz CT molecular complexity index is 1690. The van der Waals surface area contributed by atoms with Gasteiger partial charge in [0.2, 0.25) is 0 Å². The fourth-order valence-corrected chi connectivity index (χ4v) is 5.64. The lowest BCUT2D eigenvalue weighted by Crippen LogP contribution is -1.99. The van der Waals surface area contributed by atoms with Gasteiger partial charge >= 0.3 is 0 Å². The van der Waals surface area contributed by atoms with E-state index < -0.39 is 0 Å². The van der Waals surface area contributed by atoms with E-state index >= 15 is 0 Å². The topological polar surface area (TPSA) is 48.2 Å². The van der Waals surface area contributed by atoms with Crippen LogP contribution in [-0.4, -0.2) is 15.3 Å². The minimum absolute atomic E-state index is 0.104. The highest BCUT2D eigenvalue weighted by Crippen LogP contribution is 2.42. The zero-order valence-corrected chi connectivity index (χ0v) is 19.9. The molecule has 0 aliphatic heterocycles. The highest BCUT2D eigenvalue weighted by molar-refractivity contribution is 14.1. The normalized spacial score (nSPS) is 13.4. The Morgan fingerprint density at radius 3 is 2.21 bits per heavy atom. The number of fused-ring (bicyclic) bond motifs is 7. The van der Waals surface area contributed by atoms with Crippen LogP contribution in [0.2, 0.25) is 0 Å². The number of halogens is 1. The number of hydrogen-bond donors (Lipinski definition) is 1. The minimum Gasteiger partial charge on any atom is -0.405 e. The molecule has 2 aromatic heterocycles. The fourth-order valence-electron chi connectivity index (χ4n) is 4.85. The van der Waals surface area contributed by atoms with E-state index in [4.69, 9.17) is 10.7 Å². The molecule has 2 heterocycles. The molecule has 2 N–H and O–H groups in total. The lowest BCUT2D eigenvalue weighted by Gasteiger charge is -2.11. The van der Waals surface area contributed by atoms with Crippen molar-refractivity contribution in [3.8, 4) is 5.69 Å². The van der Waals surface area contributed by atoms with Crippen LogP contribution in [0.4, 0.5) is 0 Å². The van der Waals surface area contributed by atoms with Crippen LogP contribution < -0.4 is 5.73 Å². The van der Waals surface area contributed by atoms with Crippen molar-refractivity contribution in [3.63, 3.8) is 0 Å². The summed E-state index contributed by atoms with van der Waals surface area (Å²) >= 11 is 2.38. The van der Waals surface area contributed by atoms with Crippen molar-refractivity contribution in [3.05, 3.63) is 103 Å². The first-order chi connectivity index (χ1) is 16.3. The molecule has 0 bridgehead atoms. The van der Waals surface area contributed by atoms with E-state index in [0.717, 1.165) is 16.7 Å². The number of aliphatic imine (C=N–C) groups is 1. The molecule has 6 aromatic rings. The molecule has 1 atom stereocenters. The molecule has 0 aliphatic carbocycles. The van der Waals surface area contributed by atoms with Crippen LogP contribution in [0.25, 0.3) is 49.3 Å². The molecule has 160 valence electrons. The molecule has 4 aromatic carbocycles. The summed E-state index contributed by atoms with van der Waals surface area (Å²) in [6.07, 6.45) is 5.02. The monoisotopic (exact) mass is 540 g/mol. The van der Waals surface area contributed by atoms with Gasteiger partial charge in [0.1, 0.15) is 0 Å². The number of para-hydroxylation sites is 3.